The van der Waals surface area contributed by atoms with Gasteiger partial charge in [-0.1, -0.05) is 30.3 Å². The van der Waals surface area contributed by atoms with Crippen LogP contribution in [0.4, 0.5) is 11.5 Å². The van der Waals surface area contributed by atoms with Crippen molar-refractivity contribution in [1.29, 1.82) is 0 Å². The van der Waals surface area contributed by atoms with Crippen molar-refractivity contribution in [2.75, 3.05) is 17.2 Å². The molecule has 4 heterocycles. The van der Waals surface area contributed by atoms with Crippen LogP contribution in [0.15, 0.2) is 73.4 Å². The molecular formula is C22H18N6. The van der Waals surface area contributed by atoms with Gasteiger partial charge in [-0.15, -0.1) is 0 Å². The molecule has 0 bridgehead atoms. The maximum absolute atomic E-state index is 4.59. The Bertz CT molecular complexity index is 1150. The molecule has 28 heavy (non-hydrogen) atoms. The molecule has 0 saturated heterocycles. The van der Waals surface area contributed by atoms with E-state index in [-0.39, 0.29) is 6.04 Å². The minimum absolute atomic E-state index is 0.158. The number of anilines is 2. The largest absolute Gasteiger partial charge is 0.377 e. The average molecular weight is 366 g/mol. The van der Waals surface area contributed by atoms with Crippen LogP contribution in [0.5, 0.6) is 0 Å². The summed E-state index contributed by atoms with van der Waals surface area (Å²) in [6, 6.07) is 19.4. The Kier molecular flexibility index (Phi) is 3.25. The first kappa shape index (κ1) is 15.4. The summed E-state index contributed by atoms with van der Waals surface area (Å²) in [6.07, 6.45) is 5.16. The van der Waals surface area contributed by atoms with Gasteiger partial charge < -0.3 is 10.6 Å². The third kappa shape index (κ3) is 2.24. The van der Waals surface area contributed by atoms with Crippen molar-refractivity contribution in [1.82, 2.24) is 19.7 Å². The van der Waals surface area contributed by atoms with Crippen LogP contribution in [0.3, 0.4) is 0 Å². The standard InChI is InChI=1S/C22H18N6/c1-2-4-19-16(3-1)17-9-10-24-22-20(17)18(11-25-22)21(27-19)14-5-7-15(8-6-14)28-13-23-12-26-28/h1-10,12-13,18,21,27H,11H2,(H,24,25). The first-order valence-corrected chi connectivity index (χ1v) is 9.42. The van der Waals surface area contributed by atoms with Gasteiger partial charge in [0.1, 0.15) is 18.5 Å². The molecule has 2 N–H and O–H groups in total. The second-order valence-corrected chi connectivity index (χ2v) is 7.21. The zero-order valence-corrected chi connectivity index (χ0v) is 15.1. The molecule has 0 aliphatic carbocycles. The van der Waals surface area contributed by atoms with Crippen LogP contribution in [0.2, 0.25) is 0 Å². The fraction of sp³-hybridized carbons (Fsp3) is 0.136. The van der Waals surface area contributed by atoms with Crippen LogP contribution < -0.4 is 10.6 Å². The maximum Gasteiger partial charge on any atom is 0.138 e. The number of para-hydroxylation sites is 1. The summed E-state index contributed by atoms with van der Waals surface area (Å²) < 4.78 is 1.77. The summed E-state index contributed by atoms with van der Waals surface area (Å²) in [6.45, 7) is 0.871. The highest BCUT2D eigenvalue weighted by Gasteiger charge is 2.36. The van der Waals surface area contributed by atoms with Crippen molar-refractivity contribution in [3.63, 3.8) is 0 Å². The van der Waals surface area contributed by atoms with Gasteiger partial charge in [-0.05, 0) is 35.4 Å². The zero-order valence-electron chi connectivity index (χ0n) is 15.1. The Balaban J connectivity index is 1.48. The molecule has 6 nitrogen and oxygen atoms in total. The van der Waals surface area contributed by atoms with Crippen LogP contribution in [-0.4, -0.2) is 26.3 Å². The van der Waals surface area contributed by atoms with E-state index in [1.807, 2.05) is 6.20 Å². The molecule has 0 saturated carbocycles. The topological polar surface area (TPSA) is 67.7 Å². The summed E-state index contributed by atoms with van der Waals surface area (Å²) in [5.41, 5.74) is 7.22. The fourth-order valence-electron chi connectivity index (χ4n) is 4.42. The predicted octanol–water partition coefficient (Wildman–Crippen LogP) is 4.01. The number of nitrogens with zero attached hydrogens (tertiary/aromatic N) is 4. The van der Waals surface area contributed by atoms with Gasteiger partial charge >= 0.3 is 0 Å². The molecule has 136 valence electrons. The minimum atomic E-state index is 0.158. The van der Waals surface area contributed by atoms with Gasteiger partial charge in [0.2, 0.25) is 0 Å². The van der Waals surface area contributed by atoms with Gasteiger partial charge in [-0.25, -0.2) is 14.6 Å². The molecule has 6 rings (SSSR count). The highest BCUT2D eigenvalue weighted by atomic mass is 15.3. The lowest BCUT2D eigenvalue weighted by atomic mass is 9.87. The van der Waals surface area contributed by atoms with E-state index in [0.29, 0.717) is 5.92 Å². The lowest BCUT2D eigenvalue weighted by Gasteiger charge is -2.25. The third-order valence-corrected chi connectivity index (χ3v) is 5.72. The Morgan fingerprint density at radius 2 is 1.86 bits per heavy atom. The monoisotopic (exact) mass is 366 g/mol. The second kappa shape index (κ2) is 5.92. The van der Waals surface area contributed by atoms with Gasteiger partial charge in [0.25, 0.3) is 0 Å². The van der Waals surface area contributed by atoms with E-state index in [9.17, 15) is 0 Å². The molecular weight excluding hydrogens is 348 g/mol. The number of pyridine rings is 1. The molecule has 4 aromatic rings. The van der Waals surface area contributed by atoms with E-state index in [0.717, 1.165) is 23.7 Å². The van der Waals surface area contributed by atoms with E-state index in [2.05, 4.69) is 80.3 Å². The Labute approximate surface area is 162 Å². The molecule has 2 aromatic heterocycles. The highest BCUT2D eigenvalue weighted by molar-refractivity contribution is 5.85. The number of rotatable bonds is 2. The smallest absolute Gasteiger partial charge is 0.138 e. The number of benzene rings is 2. The van der Waals surface area contributed by atoms with Crippen LogP contribution in [0, 0.1) is 0 Å². The maximum atomic E-state index is 4.59. The van der Waals surface area contributed by atoms with Crippen molar-refractivity contribution in [3.8, 4) is 16.8 Å². The SMILES string of the molecule is c1ccc2c(c1)NC(c1ccc(-n3cncn3)cc1)C1CNc3nccc-2c31. The number of hydrogen-bond acceptors (Lipinski definition) is 5. The van der Waals surface area contributed by atoms with E-state index in [1.165, 1.54) is 22.3 Å². The van der Waals surface area contributed by atoms with Crippen LogP contribution in [0.1, 0.15) is 23.1 Å². The molecule has 2 aliphatic heterocycles. The van der Waals surface area contributed by atoms with Gasteiger partial charge in [0.15, 0.2) is 0 Å². The number of fused-ring (bicyclic) bond motifs is 2. The minimum Gasteiger partial charge on any atom is -0.377 e. The van der Waals surface area contributed by atoms with Gasteiger partial charge in [-0.3, -0.25) is 0 Å². The van der Waals surface area contributed by atoms with Gasteiger partial charge in [0.05, 0.1) is 11.7 Å². The number of aromatic nitrogens is 4. The summed E-state index contributed by atoms with van der Waals surface area (Å²) in [7, 11) is 0. The zero-order chi connectivity index (χ0) is 18.5. The lowest BCUT2D eigenvalue weighted by molar-refractivity contribution is 0.638. The summed E-state index contributed by atoms with van der Waals surface area (Å²) in [4.78, 5) is 8.62. The van der Waals surface area contributed by atoms with Gasteiger partial charge in [0, 0.05) is 35.5 Å². The number of hydrogen-bond donors (Lipinski definition) is 2. The van der Waals surface area contributed by atoms with Gasteiger partial charge in [-0.2, -0.15) is 5.10 Å². The van der Waals surface area contributed by atoms with Crippen molar-refractivity contribution in [3.05, 3.63) is 84.6 Å². The first-order valence-electron chi connectivity index (χ1n) is 9.42. The molecule has 0 spiro atoms. The molecule has 6 heteroatoms. The van der Waals surface area contributed by atoms with Crippen molar-refractivity contribution < 1.29 is 0 Å². The lowest BCUT2D eigenvalue weighted by Crippen LogP contribution is -2.20. The molecule has 0 fully saturated rings. The summed E-state index contributed by atoms with van der Waals surface area (Å²) in [5, 5.41) is 11.5. The van der Waals surface area contributed by atoms with E-state index in [4.69, 9.17) is 0 Å². The first-order chi connectivity index (χ1) is 13.9. The van der Waals surface area contributed by atoms with E-state index < -0.39 is 0 Å². The van der Waals surface area contributed by atoms with E-state index in [1.54, 1.807) is 17.3 Å². The Morgan fingerprint density at radius 1 is 0.964 bits per heavy atom. The third-order valence-electron chi connectivity index (χ3n) is 5.72. The quantitative estimate of drug-likeness (QED) is 0.561. The predicted molar refractivity (Wildman–Crippen MR) is 109 cm³/mol. The van der Waals surface area contributed by atoms with Crippen molar-refractivity contribution >= 4 is 11.5 Å². The van der Waals surface area contributed by atoms with Crippen LogP contribution >= 0.6 is 0 Å². The molecule has 2 aliphatic rings. The number of nitrogens with one attached hydrogen (secondary N) is 2. The molecule has 2 atom stereocenters. The molecule has 0 radical (unpaired) electrons. The van der Waals surface area contributed by atoms with Crippen molar-refractivity contribution in [2.45, 2.75) is 12.0 Å². The van der Waals surface area contributed by atoms with E-state index >= 15 is 0 Å². The normalized spacial score (nSPS) is 19.1. The van der Waals surface area contributed by atoms with Crippen molar-refractivity contribution in [2.24, 2.45) is 0 Å². The molecule has 2 aromatic carbocycles. The average Bonchev–Trinajstić information content (AvgIpc) is 3.40. The molecule has 0 amide bonds. The second-order valence-electron chi connectivity index (χ2n) is 7.21. The summed E-state index contributed by atoms with van der Waals surface area (Å²) >= 11 is 0. The fourth-order valence-corrected chi connectivity index (χ4v) is 4.42. The van der Waals surface area contributed by atoms with Crippen LogP contribution in [-0.2, 0) is 0 Å². The summed E-state index contributed by atoms with van der Waals surface area (Å²) in [5.74, 6) is 1.31. The Hall–Kier alpha value is -3.67. The van der Waals surface area contributed by atoms with Crippen LogP contribution in [0.25, 0.3) is 16.8 Å². The molecule has 2 unspecified atom stereocenters. The Morgan fingerprint density at radius 3 is 2.71 bits per heavy atom. The highest BCUT2D eigenvalue weighted by Crippen LogP contribution is 2.49.